The number of methoxy groups -OCH3 is 1. The van der Waals surface area contributed by atoms with Crippen molar-refractivity contribution in [2.24, 2.45) is 5.73 Å². The van der Waals surface area contributed by atoms with E-state index in [1.165, 1.54) is 11.1 Å². The van der Waals surface area contributed by atoms with E-state index >= 15 is 0 Å². The van der Waals surface area contributed by atoms with Crippen molar-refractivity contribution >= 4 is 17.3 Å². The number of hydrogen-bond acceptors (Lipinski definition) is 8. The zero-order chi connectivity index (χ0) is 25.6. The molecule has 0 bridgehead atoms. The van der Waals surface area contributed by atoms with Gasteiger partial charge >= 0.3 is 0 Å². The number of amides is 1. The number of carbonyl (C=O) groups is 1. The molecule has 1 aliphatic rings. The predicted molar refractivity (Wildman–Crippen MR) is 140 cm³/mol. The van der Waals surface area contributed by atoms with Gasteiger partial charge in [0.15, 0.2) is 11.5 Å². The van der Waals surface area contributed by atoms with Crippen molar-refractivity contribution < 1.29 is 19.0 Å². The second kappa shape index (κ2) is 11.0. The highest BCUT2D eigenvalue weighted by Gasteiger charge is 2.28. The highest BCUT2D eigenvalue weighted by Crippen LogP contribution is 2.41. The van der Waals surface area contributed by atoms with E-state index in [0.29, 0.717) is 34.3 Å². The van der Waals surface area contributed by atoms with Crippen LogP contribution in [0.2, 0.25) is 0 Å². The lowest BCUT2D eigenvalue weighted by atomic mass is 10.1. The van der Waals surface area contributed by atoms with E-state index in [1.807, 2.05) is 48.5 Å². The number of benzene rings is 2. The first-order valence-corrected chi connectivity index (χ1v) is 11.8. The SMILES string of the molecule is COc1nc(-c2cccc3c2OC(C(N)=O)CO3)ccc1Nc1ccc(CNCc2ccncc2)cc1. The molecule has 2 aromatic heterocycles. The molecule has 2 aromatic carbocycles. The van der Waals surface area contributed by atoms with Crippen molar-refractivity contribution in [3.63, 3.8) is 0 Å². The maximum absolute atomic E-state index is 11.6. The fourth-order valence-electron chi connectivity index (χ4n) is 3.99. The molecule has 0 radical (unpaired) electrons. The molecule has 9 nitrogen and oxygen atoms in total. The van der Waals surface area contributed by atoms with Crippen molar-refractivity contribution in [3.05, 3.63) is 90.3 Å². The van der Waals surface area contributed by atoms with Gasteiger partial charge in [-0.05, 0) is 59.7 Å². The number of rotatable bonds is 9. The molecule has 1 atom stereocenters. The highest BCUT2D eigenvalue weighted by molar-refractivity contribution is 5.81. The number of nitrogens with two attached hydrogens (primary N) is 1. The van der Waals surface area contributed by atoms with Gasteiger partial charge in [0.2, 0.25) is 12.0 Å². The Bertz CT molecular complexity index is 1380. The summed E-state index contributed by atoms with van der Waals surface area (Å²) in [6.07, 6.45) is 2.73. The number of fused-ring (bicyclic) bond motifs is 1. The molecule has 1 amide bonds. The van der Waals surface area contributed by atoms with Gasteiger partial charge in [0.25, 0.3) is 5.91 Å². The molecule has 4 N–H and O–H groups in total. The second-order valence-electron chi connectivity index (χ2n) is 8.49. The molecule has 1 unspecified atom stereocenters. The van der Waals surface area contributed by atoms with Gasteiger partial charge in [-0.3, -0.25) is 9.78 Å². The first-order valence-electron chi connectivity index (χ1n) is 11.8. The molecule has 4 aromatic rings. The molecule has 0 spiro atoms. The molecule has 37 heavy (non-hydrogen) atoms. The van der Waals surface area contributed by atoms with Gasteiger partial charge in [0.1, 0.15) is 12.3 Å². The first kappa shape index (κ1) is 24.1. The van der Waals surface area contributed by atoms with E-state index in [2.05, 4.69) is 32.7 Å². The second-order valence-corrected chi connectivity index (χ2v) is 8.49. The number of para-hydroxylation sites is 1. The smallest absolute Gasteiger partial charge is 0.262 e. The van der Waals surface area contributed by atoms with Gasteiger partial charge in [0, 0.05) is 36.7 Å². The van der Waals surface area contributed by atoms with Gasteiger partial charge < -0.3 is 30.6 Å². The summed E-state index contributed by atoms with van der Waals surface area (Å²) < 4.78 is 17.1. The Balaban J connectivity index is 1.28. The zero-order valence-electron chi connectivity index (χ0n) is 20.3. The summed E-state index contributed by atoms with van der Waals surface area (Å²) in [5, 5.41) is 6.80. The standard InChI is InChI=1S/C28H27N5O4/c1-35-28-23(32-20-7-5-18(6-8-20)15-31-16-19-11-13-30-14-12-19)10-9-22(33-28)21-3-2-4-24-26(21)37-25(17-36-24)27(29)34/h2-14,25,31-32H,15-17H2,1H3,(H2,29,34). The van der Waals surface area contributed by atoms with Gasteiger partial charge in [-0.25, -0.2) is 4.98 Å². The fraction of sp³-hybridized carbons (Fsp3) is 0.179. The van der Waals surface area contributed by atoms with Crippen LogP contribution in [0.4, 0.5) is 11.4 Å². The lowest BCUT2D eigenvalue weighted by molar-refractivity contribution is -0.126. The first-order chi connectivity index (χ1) is 18.1. The normalized spacial score (nSPS) is 14.1. The molecule has 5 rings (SSSR count). The third-order valence-electron chi connectivity index (χ3n) is 5.92. The lowest BCUT2D eigenvalue weighted by Crippen LogP contribution is -2.41. The van der Waals surface area contributed by atoms with Crippen LogP contribution < -0.4 is 30.6 Å². The van der Waals surface area contributed by atoms with E-state index in [-0.39, 0.29) is 6.61 Å². The van der Waals surface area contributed by atoms with Crippen molar-refractivity contribution in [1.82, 2.24) is 15.3 Å². The third-order valence-corrected chi connectivity index (χ3v) is 5.92. The molecule has 3 heterocycles. The maximum Gasteiger partial charge on any atom is 0.262 e. The van der Waals surface area contributed by atoms with Crippen LogP contribution in [0.25, 0.3) is 11.3 Å². The molecule has 0 saturated carbocycles. The van der Waals surface area contributed by atoms with Gasteiger partial charge in [-0.1, -0.05) is 18.2 Å². The van der Waals surface area contributed by atoms with Crippen LogP contribution in [0, 0.1) is 0 Å². The Kier molecular flexibility index (Phi) is 7.14. The molecule has 0 saturated heterocycles. The summed E-state index contributed by atoms with van der Waals surface area (Å²) >= 11 is 0. The van der Waals surface area contributed by atoms with Crippen LogP contribution in [0.1, 0.15) is 11.1 Å². The number of nitrogens with one attached hydrogen (secondary N) is 2. The third kappa shape index (κ3) is 5.62. The molecule has 0 aliphatic carbocycles. The van der Waals surface area contributed by atoms with E-state index in [4.69, 9.17) is 19.9 Å². The number of pyridine rings is 2. The van der Waals surface area contributed by atoms with Gasteiger partial charge in [-0.15, -0.1) is 0 Å². The fourth-order valence-corrected chi connectivity index (χ4v) is 3.99. The van der Waals surface area contributed by atoms with Crippen LogP contribution in [0.3, 0.4) is 0 Å². The van der Waals surface area contributed by atoms with E-state index < -0.39 is 12.0 Å². The van der Waals surface area contributed by atoms with Crippen molar-refractivity contribution in [2.75, 3.05) is 19.0 Å². The minimum Gasteiger partial charge on any atom is -0.485 e. The van der Waals surface area contributed by atoms with Crippen LogP contribution in [0.5, 0.6) is 17.4 Å². The largest absolute Gasteiger partial charge is 0.485 e. The Hall–Kier alpha value is -4.63. The summed E-state index contributed by atoms with van der Waals surface area (Å²) in [5.41, 5.74) is 10.7. The highest BCUT2D eigenvalue weighted by atomic mass is 16.6. The number of aromatic nitrogens is 2. The molecule has 0 fully saturated rings. The summed E-state index contributed by atoms with van der Waals surface area (Å²) in [4.78, 5) is 20.3. The molecular weight excluding hydrogens is 470 g/mol. The number of hydrogen-bond donors (Lipinski definition) is 3. The van der Waals surface area contributed by atoms with Gasteiger partial charge in [-0.2, -0.15) is 0 Å². The van der Waals surface area contributed by atoms with Crippen LogP contribution in [0.15, 0.2) is 79.1 Å². The number of nitrogens with zero attached hydrogens (tertiary/aromatic N) is 2. The Morgan fingerprint density at radius 3 is 2.51 bits per heavy atom. The van der Waals surface area contributed by atoms with Crippen LogP contribution in [-0.2, 0) is 17.9 Å². The lowest BCUT2D eigenvalue weighted by Gasteiger charge is -2.26. The average molecular weight is 498 g/mol. The van der Waals surface area contributed by atoms with Crippen LogP contribution in [-0.4, -0.2) is 35.7 Å². The summed E-state index contributed by atoms with van der Waals surface area (Å²) in [6, 6.07) is 21.4. The summed E-state index contributed by atoms with van der Waals surface area (Å²) in [5.74, 6) is 0.803. The Morgan fingerprint density at radius 1 is 1.03 bits per heavy atom. The summed E-state index contributed by atoms with van der Waals surface area (Å²) in [7, 11) is 1.57. The monoisotopic (exact) mass is 497 g/mol. The van der Waals surface area contributed by atoms with Crippen molar-refractivity contribution in [1.29, 1.82) is 0 Å². The molecular formula is C28H27N5O4. The summed E-state index contributed by atoms with van der Waals surface area (Å²) in [6.45, 7) is 1.61. The Morgan fingerprint density at radius 2 is 1.78 bits per heavy atom. The number of primary amides is 1. The Labute approximate surface area is 214 Å². The quantitative estimate of drug-likeness (QED) is 0.319. The molecule has 9 heteroatoms. The minimum atomic E-state index is -0.856. The van der Waals surface area contributed by atoms with E-state index in [0.717, 1.165) is 18.8 Å². The van der Waals surface area contributed by atoms with Crippen LogP contribution >= 0.6 is 0 Å². The minimum absolute atomic E-state index is 0.0744. The average Bonchev–Trinajstić information content (AvgIpc) is 2.94. The van der Waals surface area contributed by atoms with Crippen molar-refractivity contribution in [3.8, 4) is 28.6 Å². The zero-order valence-corrected chi connectivity index (χ0v) is 20.3. The van der Waals surface area contributed by atoms with Gasteiger partial charge in [0.05, 0.1) is 12.8 Å². The topological polar surface area (TPSA) is 121 Å². The number of anilines is 2. The van der Waals surface area contributed by atoms with Crippen molar-refractivity contribution in [2.45, 2.75) is 19.2 Å². The maximum atomic E-state index is 11.6. The molecule has 188 valence electrons. The number of carbonyl (C=O) groups excluding carboxylic acids is 1. The molecule has 1 aliphatic heterocycles. The number of ether oxygens (including phenoxy) is 3. The predicted octanol–water partition coefficient (Wildman–Crippen LogP) is 3.81. The van der Waals surface area contributed by atoms with E-state index in [9.17, 15) is 4.79 Å². The van der Waals surface area contributed by atoms with E-state index in [1.54, 1.807) is 25.6 Å².